The van der Waals surface area contributed by atoms with Crippen LogP contribution < -0.4 is 5.32 Å². The first-order chi connectivity index (χ1) is 7.27. The summed E-state index contributed by atoms with van der Waals surface area (Å²) in [5.41, 5.74) is 1.30. The molecular weight excluding hydrogens is 188 g/mol. The largest absolute Gasteiger partial charge is 0.396 e. The molecule has 0 saturated carbocycles. The lowest BCUT2D eigenvalue weighted by Gasteiger charge is -2.13. The molecule has 0 aromatic carbocycles. The summed E-state index contributed by atoms with van der Waals surface area (Å²) >= 11 is 0. The number of aromatic nitrogens is 1. The molecule has 86 valence electrons. The number of aliphatic hydroxyl groups excluding tert-OH is 1. The highest BCUT2D eigenvalue weighted by Crippen LogP contribution is 2.06. The van der Waals surface area contributed by atoms with Crippen LogP contribution in [0.25, 0.3) is 0 Å². The molecule has 1 rings (SSSR count). The molecule has 0 aliphatic heterocycles. The second-order valence-electron chi connectivity index (χ2n) is 4.12. The van der Waals surface area contributed by atoms with Gasteiger partial charge in [-0.05, 0) is 31.0 Å². The lowest BCUT2D eigenvalue weighted by molar-refractivity contribution is 0.222. The van der Waals surface area contributed by atoms with Crippen LogP contribution in [0.3, 0.4) is 0 Å². The monoisotopic (exact) mass is 210 g/mol. The van der Waals surface area contributed by atoms with E-state index < -0.39 is 0 Å². The summed E-state index contributed by atoms with van der Waals surface area (Å²) in [5.74, 6) is 0.322. The van der Waals surface area contributed by atoms with E-state index >= 15 is 0 Å². The maximum absolute atomic E-state index is 9.01. The standard InChI is InChI=1S/C12H22N2O/c1-3-6-13-8-12-5-4-7-14(12)9-11(2)10-15/h4-5,7,11,13,15H,3,6,8-10H2,1-2H3. The number of nitrogens with one attached hydrogen (secondary N) is 1. The molecule has 3 heteroatoms. The second kappa shape index (κ2) is 6.64. The minimum atomic E-state index is 0.250. The summed E-state index contributed by atoms with van der Waals surface area (Å²) in [6.07, 6.45) is 3.24. The highest BCUT2D eigenvalue weighted by molar-refractivity contribution is 5.07. The Bertz CT molecular complexity index is 270. The molecule has 0 aliphatic carbocycles. The first kappa shape index (κ1) is 12.3. The summed E-state index contributed by atoms with van der Waals surface area (Å²) in [5, 5.41) is 12.4. The van der Waals surface area contributed by atoms with Crippen molar-refractivity contribution in [3.63, 3.8) is 0 Å². The molecule has 1 atom stereocenters. The predicted molar refractivity (Wildman–Crippen MR) is 62.7 cm³/mol. The molecule has 0 bridgehead atoms. The number of aliphatic hydroxyl groups is 1. The normalized spacial score (nSPS) is 13.0. The van der Waals surface area contributed by atoms with Gasteiger partial charge in [0.1, 0.15) is 0 Å². The topological polar surface area (TPSA) is 37.2 Å². The zero-order chi connectivity index (χ0) is 11.1. The van der Waals surface area contributed by atoms with E-state index in [-0.39, 0.29) is 6.61 Å². The Balaban J connectivity index is 2.45. The summed E-state index contributed by atoms with van der Waals surface area (Å²) < 4.78 is 2.21. The van der Waals surface area contributed by atoms with E-state index in [1.807, 2.05) is 0 Å². The van der Waals surface area contributed by atoms with E-state index in [4.69, 9.17) is 5.11 Å². The van der Waals surface area contributed by atoms with Crippen LogP contribution in [0, 0.1) is 5.92 Å². The van der Waals surface area contributed by atoms with Gasteiger partial charge in [-0.15, -0.1) is 0 Å². The molecule has 2 N–H and O–H groups in total. The van der Waals surface area contributed by atoms with Crippen LogP contribution in [-0.4, -0.2) is 22.8 Å². The molecule has 0 fully saturated rings. The summed E-state index contributed by atoms with van der Waals surface area (Å²) in [6.45, 7) is 7.34. The molecule has 1 heterocycles. The zero-order valence-electron chi connectivity index (χ0n) is 9.74. The van der Waals surface area contributed by atoms with Gasteiger partial charge in [-0.25, -0.2) is 0 Å². The van der Waals surface area contributed by atoms with Gasteiger partial charge in [0.05, 0.1) is 0 Å². The van der Waals surface area contributed by atoms with Crippen molar-refractivity contribution in [1.82, 2.24) is 9.88 Å². The molecule has 0 radical (unpaired) electrons. The summed E-state index contributed by atoms with van der Waals surface area (Å²) in [4.78, 5) is 0. The molecule has 3 nitrogen and oxygen atoms in total. The Morgan fingerprint density at radius 2 is 2.33 bits per heavy atom. The number of hydrogen-bond acceptors (Lipinski definition) is 2. The smallest absolute Gasteiger partial charge is 0.0473 e. The number of hydrogen-bond donors (Lipinski definition) is 2. The molecule has 0 spiro atoms. The average molecular weight is 210 g/mol. The maximum atomic E-state index is 9.01. The van der Waals surface area contributed by atoms with Crippen molar-refractivity contribution >= 4 is 0 Å². The minimum absolute atomic E-state index is 0.250. The van der Waals surface area contributed by atoms with E-state index in [0.29, 0.717) is 5.92 Å². The van der Waals surface area contributed by atoms with Gasteiger partial charge in [-0.2, -0.15) is 0 Å². The predicted octanol–water partition coefficient (Wildman–Crippen LogP) is 1.62. The van der Waals surface area contributed by atoms with Gasteiger partial charge in [0.25, 0.3) is 0 Å². The van der Waals surface area contributed by atoms with Gasteiger partial charge in [0, 0.05) is 31.6 Å². The van der Waals surface area contributed by atoms with Crippen LogP contribution >= 0.6 is 0 Å². The van der Waals surface area contributed by atoms with Gasteiger partial charge < -0.3 is 15.0 Å². The Labute approximate surface area is 92.1 Å². The first-order valence-electron chi connectivity index (χ1n) is 5.73. The molecule has 1 aromatic rings. The molecular formula is C12H22N2O. The number of nitrogens with zero attached hydrogens (tertiary/aromatic N) is 1. The van der Waals surface area contributed by atoms with Crippen LogP contribution in [0.2, 0.25) is 0 Å². The van der Waals surface area contributed by atoms with Crippen molar-refractivity contribution in [3.05, 3.63) is 24.0 Å². The van der Waals surface area contributed by atoms with E-state index in [1.54, 1.807) is 0 Å². The Morgan fingerprint density at radius 3 is 3.00 bits per heavy atom. The Morgan fingerprint density at radius 1 is 1.53 bits per heavy atom. The third-order valence-corrected chi connectivity index (χ3v) is 2.48. The Hall–Kier alpha value is -0.800. The van der Waals surface area contributed by atoms with Crippen molar-refractivity contribution in [1.29, 1.82) is 0 Å². The van der Waals surface area contributed by atoms with Gasteiger partial charge >= 0.3 is 0 Å². The number of rotatable bonds is 7. The van der Waals surface area contributed by atoms with E-state index in [0.717, 1.165) is 26.1 Å². The van der Waals surface area contributed by atoms with Gasteiger partial charge in [0.2, 0.25) is 0 Å². The minimum Gasteiger partial charge on any atom is -0.396 e. The molecule has 1 unspecified atom stereocenters. The fourth-order valence-corrected chi connectivity index (χ4v) is 1.57. The molecule has 1 aromatic heterocycles. The van der Waals surface area contributed by atoms with Crippen molar-refractivity contribution in [2.45, 2.75) is 33.4 Å². The van der Waals surface area contributed by atoms with Crippen molar-refractivity contribution in [2.24, 2.45) is 5.92 Å². The van der Waals surface area contributed by atoms with Gasteiger partial charge in [-0.1, -0.05) is 13.8 Å². The summed E-state index contributed by atoms with van der Waals surface area (Å²) in [6, 6.07) is 4.19. The Kier molecular flexibility index (Phi) is 5.43. The average Bonchev–Trinajstić information content (AvgIpc) is 2.66. The quantitative estimate of drug-likeness (QED) is 0.671. The second-order valence-corrected chi connectivity index (χ2v) is 4.12. The fraction of sp³-hybridized carbons (Fsp3) is 0.667. The van der Waals surface area contributed by atoms with Crippen LogP contribution in [0.4, 0.5) is 0 Å². The highest BCUT2D eigenvalue weighted by Gasteiger charge is 2.04. The SMILES string of the molecule is CCCNCc1cccn1CC(C)CO. The first-order valence-corrected chi connectivity index (χ1v) is 5.73. The molecule has 15 heavy (non-hydrogen) atoms. The maximum Gasteiger partial charge on any atom is 0.0473 e. The van der Waals surface area contributed by atoms with Crippen molar-refractivity contribution < 1.29 is 5.11 Å². The fourth-order valence-electron chi connectivity index (χ4n) is 1.57. The van der Waals surface area contributed by atoms with Crippen molar-refractivity contribution in [3.8, 4) is 0 Å². The lowest BCUT2D eigenvalue weighted by atomic mass is 10.2. The highest BCUT2D eigenvalue weighted by atomic mass is 16.3. The van der Waals surface area contributed by atoms with E-state index in [2.05, 4.69) is 42.1 Å². The van der Waals surface area contributed by atoms with Crippen LogP contribution in [-0.2, 0) is 13.1 Å². The van der Waals surface area contributed by atoms with Crippen LogP contribution in [0.15, 0.2) is 18.3 Å². The summed E-state index contributed by atoms with van der Waals surface area (Å²) in [7, 11) is 0. The van der Waals surface area contributed by atoms with E-state index in [9.17, 15) is 0 Å². The zero-order valence-corrected chi connectivity index (χ0v) is 9.74. The molecule has 0 saturated heterocycles. The van der Waals surface area contributed by atoms with E-state index in [1.165, 1.54) is 5.69 Å². The van der Waals surface area contributed by atoms with Crippen LogP contribution in [0.5, 0.6) is 0 Å². The third kappa shape index (κ3) is 4.06. The molecule has 0 amide bonds. The van der Waals surface area contributed by atoms with Gasteiger partial charge in [-0.3, -0.25) is 0 Å². The molecule has 0 aliphatic rings. The van der Waals surface area contributed by atoms with Crippen molar-refractivity contribution in [2.75, 3.05) is 13.2 Å². The third-order valence-electron chi connectivity index (χ3n) is 2.48. The van der Waals surface area contributed by atoms with Gasteiger partial charge in [0.15, 0.2) is 0 Å². The van der Waals surface area contributed by atoms with Crippen LogP contribution in [0.1, 0.15) is 26.0 Å². The lowest BCUT2D eigenvalue weighted by Crippen LogP contribution is -2.19.